The molecule has 2 aliphatic rings. The number of allylic oxidation sites excluding steroid dienone is 2. The van der Waals surface area contributed by atoms with Crippen LogP contribution in [0.25, 0.3) is 0 Å². The topological polar surface area (TPSA) is 241 Å². The van der Waals surface area contributed by atoms with Crippen LogP contribution in [-0.4, -0.2) is 162 Å². The fourth-order valence-electron chi connectivity index (χ4n) is 12.5. The van der Waals surface area contributed by atoms with Gasteiger partial charge >= 0.3 is 19.9 Å². The minimum atomic E-state index is -4.64. The van der Waals surface area contributed by atoms with Crippen molar-refractivity contribution in [3.63, 3.8) is 0 Å². The quantitative estimate of drug-likeness (QED) is 0.0222. The minimum Gasteiger partial charge on any atom is -0.460 e. The van der Waals surface area contributed by atoms with Gasteiger partial charge < -0.3 is 62.9 Å². The van der Waals surface area contributed by atoms with Gasteiger partial charge in [-0.05, 0) is 57.8 Å². The second-order valence-electron chi connectivity index (χ2n) is 27.6. The number of phosphoric acid groups is 1. The van der Waals surface area contributed by atoms with Crippen molar-refractivity contribution in [3.05, 3.63) is 62.8 Å². The van der Waals surface area contributed by atoms with Gasteiger partial charge in [-0.25, -0.2) is 14.2 Å². The highest BCUT2D eigenvalue weighted by Gasteiger charge is 2.54. The normalized spacial score (nSPS) is 21.5. The van der Waals surface area contributed by atoms with Gasteiger partial charge in [0.15, 0.2) is 12.6 Å². The predicted octanol–water partition coefficient (Wildman–Crippen LogP) is 19.2. The number of esters is 1. The van der Waals surface area contributed by atoms with Crippen LogP contribution >= 0.6 is 7.82 Å². The number of hydrogen-bond acceptors (Lipinski definition) is 19. The molecular weight excluding hydrogens is 1320 g/mol. The lowest BCUT2D eigenvalue weighted by atomic mass is 9.95. The first-order valence-electron chi connectivity index (χ1n) is 40.9. The summed E-state index contributed by atoms with van der Waals surface area (Å²) in [6, 6.07) is -1.32. The minimum absolute atomic E-state index is 0.0718. The molecule has 2 saturated heterocycles. The van der Waals surface area contributed by atoms with Crippen LogP contribution in [0.5, 0.6) is 0 Å². The standard InChI is InChI=1S/C81H146NO19P/c1-9-17-21-25-28-31-34-36-37-38-39-41-44-48-52-56-71(84)82-73-76(92-64-57-68(83)55-51-47-24-20-12-4)75(101-102(88,97-60-15-7)98-61-16-8)70(66-96-81(87)93-59-14-6)100-79(73)94-65-69-74(86)77(90-62-53-49-45-42-33-30-27-23-19-11-3)78(80(99-69)95-67-72(85)89-58-13-5)91-63-54-50-46-43-40-35-32-29-26-22-18-10-2/h13-16,31,34,68-70,73-80,83,86H,5-12,17-30,32-33,35-67H2,1-4H3,(H,82,84)/b34-31-/t68-,69-,70-,73-,74-,75-,76-,77+,78-,79-,80?/m1/s1/i63D/t63?,68-,69-,70-,73-,74-,75-,76-,77+,78-,79-,80?. The lowest BCUT2D eigenvalue weighted by molar-refractivity contribution is -0.330. The lowest BCUT2D eigenvalue weighted by Gasteiger charge is -2.47. The van der Waals surface area contributed by atoms with Gasteiger partial charge in [-0.3, -0.25) is 18.4 Å². The molecular formula is C81H146NO19P. The highest BCUT2D eigenvalue weighted by atomic mass is 31.2. The Labute approximate surface area is 620 Å². The summed E-state index contributed by atoms with van der Waals surface area (Å²) in [4.78, 5) is 41.0. The van der Waals surface area contributed by atoms with Gasteiger partial charge in [0.2, 0.25) is 5.91 Å². The molecule has 0 radical (unpaired) electrons. The second-order valence-corrected chi connectivity index (χ2v) is 29.2. The zero-order valence-electron chi connectivity index (χ0n) is 65.3. The SMILES string of the molecule is [2H]C(CCCCCCCCCCCCC)O[C@H]1C(OCC(=O)OCC=C)O[C@H](CO[C@@H]2O[C@H](COC(=O)OCC=C)[C@@H](OP(=O)(OCC=C)OCC=C)[C@H](OCC[C@H](O)CCCCCCC)[C@H]2NC(=O)CCCCCCCCC/C=C\CCCCCC)[C@@H](O)[C@@H]1OCCCCCCCCCCCC. The van der Waals surface area contributed by atoms with Crippen LogP contribution in [0.3, 0.4) is 0 Å². The van der Waals surface area contributed by atoms with Crippen LogP contribution in [0.15, 0.2) is 62.8 Å². The fourth-order valence-corrected chi connectivity index (χ4v) is 13.8. The van der Waals surface area contributed by atoms with E-state index >= 15 is 0 Å². The van der Waals surface area contributed by atoms with E-state index in [1.807, 2.05) is 0 Å². The third-order valence-electron chi connectivity index (χ3n) is 18.4. The summed E-state index contributed by atoms with van der Waals surface area (Å²) in [7, 11) is -4.64. The van der Waals surface area contributed by atoms with Crippen LogP contribution in [0.2, 0.25) is 0 Å². The molecule has 21 heteroatoms. The summed E-state index contributed by atoms with van der Waals surface area (Å²) in [5.74, 6) is -1.12. The molecule has 594 valence electrons. The van der Waals surface area contributed by atoms with E-state index in [0.29, 0.717) is 25.7 Å². The van der Waals surface area contributed by atoms with E-state index in [2.05, 4.69) is 71.5 Å². The van der Waals surface area contributed by atoms with Crippen LogP contribution in [-0.2, 0) is 75.1 Å². The van der Waals surface area contributed by atoms with Crippen molar-refractivity contribution >= 4 is 25.9 Å². The highest BCUT2D eigenvalue weighted by Crippen LogP contribution is 2.53. The Balaban J connectivity index is 2.71. The number of ether oxygens (including phenoxy) is 10. The van der Waals surface area contributed by atoms with Crippen molar-refractivity contribution in [2.45, 2.75) is 371 Å². The van der Waals surface area contributed by atoms with E-state index in [4.69, 9.17) is 60.9 Å². The maximum Gasteiger partial charge on any atom is 0.508 e. The summed E-state index contributed by atoms with van der Waals surface area (Å²) in [5, 5.41) is 27.2. The number of carbonyl (C=O) groups is 3. The van der Waals surface area contributed by atoms with Crippen LogP contribution in [0.1, 0.15) is 305 Å². The van der Waals surface area contributed by atoms with Crippen LogP contribution < -0.4 is 5.32 Å². The monoisotopic (exact) mass is 1470 g/mol. The predicted molar refractivity (Wildman–Crippen MR) is 406 cm³/mol. The summed E-state index contributed by atoms with van der Waals surface area (Å²) in [6.07, 6.45) is 39.2. The number of amides is 1. The molecule has 0 spiro atoms. The first kappa shape index (κ1) is 92.9. The summed E-state index contributed by atoms with van der Waals surface area (Å²) in [5.41, 5.74) is 0. The summed E-state index contributed by atoms with van der Waals surface area (Å²) >= 11 is 0. The van der Waals surface area contributed by atoms with E-state index in [-0.39, 0.29) is 52.5 Å². The number of hydrogen-bond donors (Lipinski definition) is 3. The average Bonchev–Trinajstić information content (AvgIpc) is 0.782. The molecule has 2 unspecified atom stereocenters. The Morgan fingerprint density at radius 1 is 0.480 bits per heavy atom. The van der Waals surface area contributed by atoms with E-state index < -0.39 is 120 Å². The smallest absolute Gasteiger partial charge is 0.460 e. The molecule has 20 nitrogen and oxygen atoms in total. The van der Waals surface area contributed by atoms with Gasteiger partial charge in [-0.15, -0.1) is 13.2 Å². The molecule has 0 aromatic rings. The van der Waals surface area contributed by atoms with Crippen molar-refractivity contribution in [2.24, 2.45) is 0 Å². The Kier molecular flexibility index (Phi) is 60.0. The number of rotatable bonds is 72. The van der Waals surface area contributed by atoms with Gasteiger partial charge in [0.25, 0.3) is 0 Å². The van der Waals surface area contributed by atoms with Crippen molar-refractivity contribution in [3.8, 4) is 0 Å². The fraction of sp³-hybridized carbons (Fsp3) is 0.840. The molecule has 0 saturated carbocycles. The molecule has 102 heavy (non-hydrogen) atoms. The highest BCUT2D eigenvalue weighted by molar-refractivity contribution is 7.48. The molecule has 0 aromatic carbocycles. The van der Waals surface area contributed by atoms with Crippen LogP contribution in [0, 0.1) is 0 Å². The summed E-state index contributed by atoms with van der Waals surface area (Å²) < 4.78 is 104. The van der Waals surface area contributed by atoms with Crippen molar-refractivity contribution in [2.75, 3.05) is 66.0 Å². The summed E-state index contributed by atoms with van der Waals surface area (Å²) in [6.45, 7) is 20.1. The molecule has 12 atom stereocenters. The number of aliphatic hydroxyl groups is 2. The van der Waals surface area contributed by atoms with E-state index in [9.17, 15) is 30.5 Å². The molecule has 2 aliphatic heterocycles. The zero-order chi connectivity index (χ0) is 75.1. The molecule has 0 aliphatic carbocycles. The van der Waals surface area contributed by atoms with Gasteiger partial charge in [0, 0.05) is 26.2 Å². The zero-order valence-corrected chi connectivity index (χ0v) is 65.2. The average molecular weight is 1470 g/mol. The van der Waals surface area contributed by atoms with Gasteiger partial charge in [-0.2, -0.15) is 0 Å². The van der Waals surface area contributed by atoms with E-state index in [1.54, 1.807) is 0 Å². The van der Waals surface area contributed by atoms with E-state index in [0.717, 1.165) is 135 Å². The number of phosphoric ester groups is 1. The molecule has 3 N–H and O–H groups in total. The Bertz CT molecular complexity index is 2170. The third-order valence-corrected chi connectivity index (χ3v) is 19.9. The Morgan fingerprint density at radius 3 is 1.50 bits per heavy atom. The van der Waals surface area contributed by atoms with E-state index in [1.165, 1.54) is 127 Å². The second kappa shape index (κ2) is 65.9. The molecule has 2 fully saturated rings. The van der Waals surface area contributed by atoms with Crippen LogP contribution in [0.4, 0.5) is 4.79 Å². The molecule has 2 rings (SSSR count). The Morgan fingerprint density at radius 2 is 0.951 bits per heavy atom. The van der Waals surface area contributed by atoms with Crippen molar-refractivity contribution < 1.29 is 91.5 Å². The first-order valence-corrected chi connectivity index (χ1v) is 41.8. The molecule has 1 amide bonds. The van der Waals surface area contributed by atoms with Crippen molar-refractivity contribution in [1.82, 2.24) is 5.32 Å². The maximum absolute atomic E-state index is 14.8. The Hall–Kier alpha value is -3.34. The maximum atomic E-state index is 14.8. The van der Waals surface area contributed by atoms with Crippen molar-refractivity contribution in [1.29, 1.82) is 0 Å². The number of carbonyl (C=O) groups excluding carboxylic acids is 3. The van der Waals surface area contributed by atoms with Gasteiger partial charge in [0.05, 0.1) is 27.3 Å². The largest absolute Gasteiger partial charge is 0.508 e. The lowest BCUT2D eigenvalue weighted by Crippen LogP contribution is -2.67. The molecule has 0 bridgehead atoms. The first-order chi connectivity index (χ1) is 50.2. The van der Waals surface area contributed by atoms with Gasteiger partial charge in [-0.1, -0.05) is 289 Å². The molecule has 2 heterocycles. The number of nitrogens with one attached hydrogen (secondary N) is 1. The van der Waals surface area contributed by atoms with Gasteiger partial charge in [0.1, 0.15) is 75.2 Å². The number of unbranched alkanes of at least 4 members (excludes halogenated alkanes) is 34. The third kappa shape index (κ3) is 47.4. The number of aliphatic hydroxyl groups excluding tert-OH is 2. The molecule has 0 aromatic heterocycles.